The fourth-order valence-electron chi connectivity index (χ4n) is 3.58. The van der Waals surface area contributed by atoms with Gasteiger partial charge in [-0.1, -0.05) is 30.3 Å². The second kappa shape index (κ2) is 8.99. The predicted molar refractivity (Wildman–Crippen MR) is 131 cm³/mol. The molecular weight excluding hydrogens is 430 g/mol. The Labute approximate surface area is 194 Å². The van der Waals surface area contributed by atoms with Crippen molar-refractivity contribution < 1.29 is 9.53 Å². The van der Waals surface area contributed by atoms with Gasteiger partial charge in [0.25, 0.3) is 5.91 Å². The number of hydrogen-bond donors (Lipinski definition) is 2. The molecule has 3 N–H and O–H groups in total. The van der Waals surface area contributed by atoms with E-state index in [9.17, 15) is 4.79 Å². The van der Waals surface area contributed by atoms with E-state index in [0.717, 1.165) is 16.9 Å². The van der Waals surface area contributed by atoms with Crippen LogP contribution in [0.25, 0.3) is 22.2 Å². The molecule has 5 rings (SSSR count). The number of aromatic nitrogens is 4. The van der Waals surface area contributed by atoms with Gasteiger partial charge in [-0.25, -0.2) is 9.97 Å². The van der Waals surface area contributed by atoms with Crippen LogP contribution in [0.2, 0.25) is 0 Å². The Kier molecular flexibility index (Phi) is 5.57. The average Bonchev–Trinajstić information content (AvgIpc) is 3.15. The Morgan fingerprint density at radius 1 is 1.09 bits per heavy atom. The standard InChI is InChI=1S/C25H21N7O2/c1-34-18-10-8-16(9-11-18)14-28-25(33)21-22-24(31-20-7-3-2-6-19(20)30-22)32(23(21)26)29-15-17-5-4-12-27-13-17/h2-13,15H,14,26H2,1H3,(H,28,33)/b29-15-. The number of methoxy groups -OCH3 is 1. The topological polar surface area (TPSA) is 120 Å². The number of fused-ring (bicyclic) bond motifs is 2. The van der Waals surface area contributed by atoms with Crippen molar-refractivity contribution in [3.8, 4) is 5.75 Å². The quantitative estimate of drug-likeness (QED) is 0.382. The van der Waals surface area contributed by atoms with E-state index >= 15 is 0 Å². The number of carbonyl (C=O) groups excluding carboxylic acids is 1. The van der Waals surface area contributed by atoms with Gasteiger partial charge >= 0.3 is 0 Å². The van der Waals surface area contributed by atoms with Crippen molar-refractivity contribution in [1.29, 1.82) is 0 Å². The summed E-state index contributed by atoms with van der Waals surface area (Å²) in [7, 11) is 1.61. The molecular formula is C25H21N7O2. The molecule has 0 saturated carbocycles. The first kappa shape index (κ1) is 21.1. The Morgan fingerprint density at radius 2 is 1.85 bits per heavy atom. The number of nitrogens with one attached hydrogen (secondary N) is 1. The van der Waals surface area contributed by atoms with Crippen molar-refractivity contribution in [2.24, 2.45) is 5.10 Å². The lowest BCUT2D eigenvalue weighted by atomic mass is 10.2. The number of benzene rings is 2. The summed E-state index contributed by atoms with van der Waals surface area (Å²) < 4.78 is 6.62. The minimum Gasteiger partial charge on any atom is -0.497 e. The van der Waals surface area contributed by atoms with Crippen LogP contribution in [0.1, 0.15) is 21.5 Å². The number of pyridine rings is 1. The third kappa shape index (κ3) is 4.02. The van der Waals surface area contributed by atoms with Crippen molar-refractivity contribution in [1.82, 2.24) is 24.9 Å². The summed E-state index contributed by atoms with van der Waals surface area (Å²) in [5.74, 6) is 0.534. The van der Waals surface area contributed by atoms with Gasteiger partial charge in [0.2, 0.25) is 0 Å². The first-order valence-electron chi connectivity index (χ1n) is 10.6. The summed E-state index contributed by atoms with van der Waals surface area (Å²) in [6.07, 6.45) is 4.97. The van der Waals surface area contributed by atoms with Crippen molar-refractivity contribution in [3.05, 3.63) is 89.7 Å². The maximum Gasteiger partial charge on any atom is 0.257 e. The number of para-hydroxylation sites is 2. The van der Waals surface area contributed by atoms with Gasteiger partial charge in [0.05, 0.1) is 24.4 Å². The summed E-state index contributed by atoms with van der Waals surface area (Å²) in [5, 5.41) is 7.40. The number of anilines is 1. The maximum absolute atomic E-state index is 13.2. The van der Waals surface area contributed by atoms with Gasteiger partial charge in [-0.15, -0.1) is 0 Å². The lowest BCUT2D eigenvalue weighted by Crippen LogP contribution is -2.23. The van der Waals surface area contributed by atoms with Crippen molar-refractivity contribution in [2.45, 2.75) is 6.54 Å². The van der Waals surface area contributed by atoms with E-state index in [1.54, 1.807) is 25.7 Å². The SMILES string of the molecule is COc1ccc(CNC(=O)c2c(N)n(/N=C\c3cccnc3)c3nc4ccccc4nc23)cc1. The molecule has 3 heterocycles. The fourth-order valence-corrected chi connectivity index (χ4v) is 3.58. The molecule has 0 atom stereocenters. The summed E-state index contributed by atoms with van der Waals surface area (Å²) in [6.45, 7) is 0.314. The number of nitrogens with two attached hydrogens (primary N) is 1. The van der Waals surface area contributed by atoms with Crippen LogP contribution in [0.15, 0.2) is 78.2 Å². The van der Waals surface area contributed by atoms with Crippen LogP contribution in [0, 0.1) is 0 Å². The largest absolute Gasteiger partial charge is 0.497 e. The van der Waals surface area contributed by atoms with E-state index in [2.05, 4.69) is 25.4 Å². The van der Waals surface area contributed by atoms with E-state index < -0.39 is 0 Å². The van der Waals surface area contributed by atoms with Crippen LogP contribution in [-0.2, 0) is 6.54 Å². The molecule has 5 aromatic rings. The smallest absolute Gasteiger partial charge is 0.257 e. The summed E-state index contributed by atoms with van der Waals surface area (Å²) >= 11 is 0. The number of ether oxygens (including phenoxy) is 1. The molecule has 0 aliphatic carbocycles. The van der Waals surface area contributed by atoms with Gasteiger partial charge in [-0.05, 0) is 35.9 Å². The second-order valence-corrected chi connectivity index (χ2v) is 7.52. The fraction of sp³-hybridized carbons (Fsp3) is 0.0800. The highest BCUT2D eigenvalue weighted by Gasteiger charge is 2.24. The zero-order valence-electron chi connectivity index (χ0n) is 18.3. The van der Waals surface area contributed by atoms with Gasteiger partial charge < -0.3 is 15.8 Å². The van der Waals surface area contributed by atoms with Crippen molar-refractivity contribution >= 4 is 40.1 Å². The summed E-state index contributed by atoms with van der Waals surface area (Å²) in [4.78, 5) is 26.7. The minimum atomic E-state index is -0.363. The van der Waals surface area contributed by atoms with Crippen LogP contribution in [0.3, 0.4) is 0 Å². The summed E-state index contributed by atoms with van der Waals surface area (Å²) in [5.41, 5.74) is 10.5. The highest BCUT2D eigenvalue weighted by Crippen LogP contribution is 2.28. The van der Waals surface area contributed by atoms with Gasteiger partial charge in [0, 0.05) is 24.5 Å². The van der Waals surface area contributed by atoms with Gasteiger partial charge in [-0.3, -0.25) is 9.78 Å². The van der Waals surface area contributed by atoms with Crippen LogP contribution < -0.4 is 15.8 Å². The molecule has 168 valence electrons. The Bertz CT molecular complexity index is 1510. The number of amides is 1. The maximum atomic E-state index is 13.2. The van der Waals surface area contributed by atoms with Gasteiger partial charge in [-0.2, -0.15) is 9.78 Å². The monoisotopic (exact) mass is 451 g/mol. The van der Waals surface area contributed by atoms with Crippen LogP contribution in [0.4, 0.5) is 5.82 Å². The molecule has 9 nitrogen and oxygen atoms in total. The predicted octanol–water partition coefficient (Wildman–Crippen LogP) is 3.38. The van der Waals surface area contributed by atoms with E-state index in [1.807, 2.05) is 60.7 Å². The van der Waals surface area contributed by atoms with Crippen LogP contribution in [0.5, 0.6) is 5.75 Å². The highest BCUT2D eigenvalue weighted by molar-refractivity contribution is 6.10. The Balaban J connectivity index is 1.55. The number of nitrogens with zero attached hydrogens (tertiary/aromatic N) is 5. The van der Waals surface area contributed by atoms with Gasteiger partial charge in [0.15, 0.2) is 5.65 Å². The van der Waals surface area contributed by atoms with E-state index in [-0.39, 0.29) is 17.3 Å². The lowest BCUT2D eigenvalue weighted by molar-refractivity contribution is 0.0953. The average molecular weight is 451 g/mol. The number of carbonyl (C=O) groups is 1. The molecule has 2 aromatic carbocycles. The van der Waals surface area contributed by atoms with E-state index in [1.165, 1.54) is 4.68 Å². The van der Waals surface area contributed by atoms with Crippen molar-refractivity contribution in [3.63, 3.8) is 0 Å². The molecule has 0 aliphatic rings. The highest BCUT2D eigenvalue weighted by atomic mass is 16.5. The molecule has 1 amide bonds. The number of nitrogen functional groups attached to an aromatic ring is 1. The molecule has 9 heteroatoms. The first-order valence-corrected chi connectivity index (χ1v) is 10.6. The first-order chi connectivity index (χ1) is 16.6. The zero-order chi connectivity index (χ0) is 23.5. The van der Waals surface area contributed by atoms with E-state index in [4.69, 9.17) is 10.5 Å². The minimum absolute atomic E-state index is 0.151. The summed E-state index contributed by atoms with van der Waals surface area (Å²) in [6, 6.07) is 18.6. The molecule has 0 fully saturated rings. The molecule has 3 aromatic heterocycles. The third-order valence-corrected chi connectivity index (χ3v) is 5.32. The molecule has 0 bridgehead atoms. The number of hydrogen-bond acceptors (Lipinski definition) is 7. The lowest BCUT2D eigenvalue weighted by Gasteiger charge is -2.06. The van der Waals surface area contributed by atoms with Crippen LogP contribution >= 0.6 is 0 Å². The van der Waals surface area contributed by atoms with Gasteiger partial charge in [0.1, 0.15) is 22.6 Å². The normalized spacial score (nSPS) is 11.3. The zero-order valence-corrected chi connectivity index (χ0v) is 18.3. The molecule has 0 saturated heterocycles. The molecule has 0 unspecified atom stereocenters. The second-order valence-electron chi connectivity index (χ2n) is 7.52. The molecule has 0 spiro atoms. The van der Waals surface area contributed by atoms with E-state index in [0.29, 0.717) is 28.7 Å². The molecule has 0 radical (unpaired) electrons. The van der Waals surface area contributed by atoms with Crippen molar-refractivity contribution in [2.75, 3.05) is 12.8 Å². The third-order valence-electron chi connectivity index (χ3n) is 5.32. The number of rotatable bonds is 6. The Morgan fingerprint density at radius 3 is 2.56 bits per heavy atom. The molecule has 0 aliphatic heterocycles. The Hall–Kier alpha value is -4.79. The molecule has 34 heavy (non-hydrogen) atoms. The van der Waals surface area contributed by atoms with Crippen LogP contribution in [-0.4, -0.2) is 38.9 Å².